The molecule has 0 saturated heterocycles. The average Bonchev–Trinajstić information content (AvgIpc) is 2.75. The number of rotatable bonds is 3. The SMILES string of the molecule is Cc1cc(N)n(C(C)(C)Nn2ccnc2)n1. The summed E-state index contributed by atoms with van der Waals surface area (Å²) in [5.41, 5.74) is 9.62. The predicted molar refractivity (Wildman–Crippen MR) is 62.3 cm³/mol. The zero-order chi connectivity index (χ0) is 11.8. The van der Waals surface area contributed by atoms with E-state index in [1.165, 1.54) is 0 Å². The summed E-state index contributed by atoms with van der Waals surface area (Å²) in [6, 6.07) is 1.84. The second-order valence-corrected chi connectivity index (χ2v) is 4.26. The zero-order valence-electron chi connectivity index (χ0n) is 9.68. The van der Waals surface area contributed by atoms with Crippen LogP contribution in [-0.4, -0.2) is 19.4 Å². The fourth-order valence-electron chi connectivity index (χ4n) is 1.66. The van der Waals surface area contributed by atoms with Crippen molar-refractivity contribution < 1.29 is 0 Å². The number of hydrogen-bond donors (Lipinski definition) is 2. The van der Waals surface area contributed by atoms with Gasteiger partial charge in [-0.2, -0.15) is 5.10 Å². The molecule has 0 aliphatic carbocycles. The predicted octanol–water partition coefficient (Wildman–Crippen LogP) is 0.907. The molecule has 0 saturated carbocycles. The number of aromatic nitrogens is 4. The van der Waals surface area contributed by atoms with Crippen LogP contribution in [-0.2, 0) is 5.66 Å². The van der Waals surface area contributed by atoms with E-state index in [1.54, 1.807) is 21.9 Å². The van der Waals surface area contributed by atoms with Crippen molar-refractivity contribution in [1.29, 1.82) is 0 Å². The lowest BCUT2D eigenvalue weighted by molar-refractivity contribution is 0.339. The van der Waals surface area contributed by atoms with E-state index < -0.39 is 5.66 Å². The number of nitrogens with one attached hydrogen (secondary N) is 1. The maximum atomic E-state index is 5.89. The Hall–Kier alpha value is -1.98. The van der Waals surface area contributed by atoms with Crippen LogP contribution in [0.2, 0.25) is 0 Å². The molecule has 0 amide bonds. The van der Waals surface area contributed by atoms with Crippen LogP contribution in [0.4, 0.5) is 5.82 Å². The molecular weight excluding hydrogens is 204 g/mol. The number of imidazole rings is 1. The van der Waals surface area contributed by atoms with E-state index in [9.17, 15) is 0 Å². The third kappa shape index (κ3) is 1.86. The monoisotopic (exact) mass is 220 g/mol. The van der Waals surface area contributed by atoms with Crippen molar-refractivity contribution in [2.75, 3.05) is 11.2 Å². The van der Waals surface area contributed by atoms with Gasteiger partial charge in [0.1, 0.15) is 17.8 Å². The van der Waals surface area contributed by atoms with Crippen LogP contribution < -0.4 is 11.2 Å². The molecule has 16 heavy (non-hydrogen) atoms. The van der Waals surface area contributed by atoms with Gasteiger partial charge in [0, 0.05) is 18.5 Å². The van der Waals surface area contributed by atoms with Crippen molar-refractivity contribution in [2.24, 2.45) is 0 Å². The molecule has 3 N–H and O–H groups in total. The smallest absolute Gasteiger partial charge is 0.141 e. The second kappa shape index (κ2) is 3.55. The van der Waals surface area contributed by atoms with Crippen molar-refractivity contribution in [3.8, 4) is 0 Å². The number of nitrogens with zero attached hydrogens (tertiary/aromatic N) is 4. The van der Waals surface area contributed by atoms with Crippen LogP contribution in [0.3, 0.4) is 0 Å². The first-order chi connectivity index (χ1) is 7.49. The third-order valence-corrected chi connectivity index (χ3v) is 2.30. The summed E-state index contributed by atoms with van der Waals surface area (Å²) in [6.07, 6.45) is 5.23. The summed E-state index contributed by atoms with van der Waals surface area (Å²) in [6.45, 7) is 5.91. The minimum atomic E-state index is -0.418. The molecule has 0 aromatic carbocycles. The molecule has 0 fully saturated rings. The van der Waals surface area contributed by atoms with Gasteiger partial charge in [-0.05, 0) is 20.8 Å². The molecule has 2 aromatic rings. The third-order valence-electron chi connectivity index (χ3n) is 2.30. The summed E-state index contributed by atoms with van der Waals surface area (Å²) in [4.78, 5) is 3.97. The minimum Gasteiger partial charge on any atom is -0.384 e. The Balaban J connectivity index is 2.28. The highest BCUT2D eigenvalue weighted by Gasteiger charge is 2.23. The first-order valence-electron chi connectivity index (χ1n) is 5.08. The van der Waals surface area contributed by atoms with Crippen LogP contribution in [0.1, 0.15) is 19.5 Å². The lowest BCUT2D eigenvalue weighted by Crippen LogP contribution is -2.41. The largest absolute Gasteiger partial charge is 0.384 e. The van der Waals surface area contributed by atoms with Gasteiger partial charge >= 0.3 is 0 Å². The lowest BCUT2D eigenvalue weighted by Gasteiger charge is -2.29. The molecule has 2 heterocycles. The molecule has 0 bridgehead atoms. The van der Waals surface area contributed by atoms with Gasteiger partial charge in [0.05, 0.1) is 5.69 Å². The van der Waals surface area contributed by atoms with E-state index >= 15 is 0 Å². The van der Waals surface area contributed by atoms with Gasteiger partial charge in [0.2, 0.25) is 0 Å². The van der Waals surface area contributed by atoms with Gasteiger partial charge in [0.25, 0.3) is 0 Å². The molecular formula is C10H16N6. The van der Waals surface area contributed by atoms with E-state index in [1.807, 2.05) is 33.0 Å². The van der Waals surface area contributed by atoms with Gasteiger partial charge in [-0.15, -0.1) is 0 Å². The van der Waals surface area contributed by atoms with Gasteiger partial charge in [0.15, 0.2) is 0 Å². The van der Waals surface area contributed by atoms with E-state index in [4.69, 9.17) is 5.73 Å². The highest BCUT2D eigenvalue weighted by molar-refractivity contribution is 5.32. The molecule has 0 unspecified atom stereocenters. The number of nitrogens with two attached hydrogens (primary N) is 1. The lowest BCUT2D eigenvalue weighted by atomic mass is 10.2. The first-order valence-corrected chi connectivity index (χ1v) is 5.08. The van der Waals surface area contributed by atoms with Crippen molar-refractivity contribution in [1.82, 2.24) is 19.4 Å². The van der Waals surface area contributed by atoms with Gasteiger partial charge in [-0.25, -0.2) is 9.67 Å². The van der Waals surface area contributed by atoms with Crippen LogP contribution >= 0.6 is 0 Å². The van der Waals surface area contributed by atoms with Crippen LogP contribution in [0.15, 0.2) is 24.8 Å². The van der Waals surface area contributed by atoms with E-state index in [2.05, 4.69) is 15.5 Å². The van der Waals surface area contributed by atoms with Gasteiger partial charge in [-0.1, -0.05) is 0 Å². The molecule has 0 spiro atoms. The van der Waals surface area contributed by atoms with Crippen molar-refractivity contribution >= 4 is 5.82 Å². The Morgan fingerprint density at radius 2 is 2.19 bits per heavy atom. The van der Waals surface area contributed by atoms with Crippen molar-refractivity contribution in [3.63, 3.8) is 0 Å². The fraction of sp³-hybridized carbons (Fsp3) is 0.400. The molecule has 0 radical (unpaired) electrons. The summed E-state index contributed by atoms with van der Waals surface area (Å²) in [5.74, 6) is 0.634. The molecule has 86 valence electrons. The molecule has 0 atom stereocenters. The van der Waals surface area contributed by atoms with Gasteiger partial charge < -0.3 is 5.73 Å². The first kappa shape index (κ1) is 10.5. The maximum absolute atomic E-state index is 5.89. The zero-order valence-corrected chi connectivity index (χ0v) is 9.68. The van der Waals surface area contributed by atoms with Crippen LogP contribution in [0.25, 0.3) is 0 Å². The summed E-state index contributed by atoms with van der Waals surface area (Å²) in [7, 11) is 0. The summed E-state index contributed by atoms with van der Waals surface area (Å²) < 4.78 is 3.53. The average molecular weight is 220 g/mol. The summed E-state index contributed by atoms with van der Waals surface area (Å²) in [5, 5.41) is 4.36. The van der Waals surface area contributed by atoms with Crippen molar-refractivity contribution in [3.05, 3.63) is 30.5 Å². The minimum absolute atomic E-state index is 0.418. The van der Waals surface area contributed by atoms with Crippen LogP contribution in [0.5, 0.6) is 0 Å². The molecule has 6 nitrogen and oxygen atoms in total. The van der Waals surface area contributed by atoms with E-state index in [-0.39, 0.29) is 0 Å². The molecule has 0 aliphatic heterocycles. The standard InChI is InChI=1S/C10H16N6/c1-8-6-9(11)16(13-8)10(2,3)14-15-5-4-12-7-15/h4-7,14H,11H2,1-3H3. The van der Waals surface area contributed by atoms with Gasteiger partial charge in [-0.3, -0.25) is 10.1 Å². The second-order valence-electron chi connectivity index (χ2n) is 4.26. The number of anilines is 1. The highest BCUT2D eigenvalue weighted by Crippen LogP contribution is 2.17. The Morgan fingerprint density at radius 3 is 2.69 bits per heavy atom. The Morgan fingerprint density at radius 1 is 1.44 bits per heavy atom. The Bertz CT molecular complexity index is 467. The molecule has 2 rings (SSSR count). The highest BCUT2D eigenvalue weighted by atomic mass is 15.5. The topological polar surface area (TPSA) is 73.7 Å². The number of hydrogen-bond acceptors (Lipinski definition) is 4. The molecule has 0 aliphatic rings. The maximum Gasteiger partial charge on any atom is 0.141 e. The molecule has 6 heteroatoms. The number of nitrogen functional groups attached to an aromatic ring is 1. The molecule has 2 aromatic heterocycles. The normalized spacial score (nSPS) is 11.7. The van der Waals surface area contributed by atoms with E-state index in [0.29, 0.717) is 5.82 Å². The number of aryl methyl sites for hydroxylation is 1. The van der Waals surface area contributed by atoms with Crippen LogP contribution in [0, 0.1) is 6.92 Å². The van der Waals surface area contributed by atoms with E-state index in [0.717, 1.165) is 5.69 Å². The quantitative estimate of drug-likeness (QED) is 0.806. The fourth-order valence-corrected chi connectivity index (χ4v) is 1.66. The summed E-state index contributed by atoms with van der Waals surface area (Å²) >= 11 is 0. The van der Waals surface area contributed by atoms with Crippen molar-refractivity contribution in [2.45, 2.75) is 26.4 Å². The Kier molecular flexibility index (Phi) is 2.34. The Labute approximate surface area is 94.1 Å².